The molecule has 3 unspecified atom stereocenters. The summed E-state index contributed by atoms with van der Waals surface area (Å²) in [5, 5.41) is 22.0. The van der Waals surface area contributed by atoms with Gasteiger partial charge in [-0.3, -0.25) is 4.55 Å². The molecule has 0 aromatic rings. The molecule has 0 spiro atoms. The predicted molar refractivity (Wildman–Crippen MR) is 122 cm³/mol. The Morgan fingerprint density at radius 2 is 1.16 bits per heavy atom. The van der Waals surface area contributed by atoms with Gasteiger partial charge in [0, 0.05) is 11.4 Å². The van der Waals surface area contributed by atoms with Gasteiger partial charge in [-0.25, -0.2) is 0 Å². The lowest BCUT2D eigenvalue weighted by atomic mass is 9.67. The molecule has 0 amide bonds. The van der Waals surface area contributed by atoms with E-state index in [1.807, 2.05) is 13.8 Å². The van der Waals surface area contributed by atoms with Gasteiger partial charge in [-0.05, 0) is 24.7 Å². The molecule has 8 heteroatoms. The van der Waals surface area contributed by atoms with Crippen LogP contribution < -0.4 is 10.2 Å². The molecule has 0 aliphatic rings. The van der Waals surface area contributed by atoms with E-state index in [1.54, 1.807) is 0 Å². The van der Waals surface area contributed by atoms with Crippen LogP contribution >= 0.6 is 0 Å². The Bertz CT molecular complexity index is 623. The van der Waals surface area contributed by atoms with Gasteiger partial charge in [0.2, 0.25) is 0 Å². The molecule has 0 rings (SSSR count). The van der Waals surface area contributed by atoms with Crippen LogP contribution in [0.1, 0.15) is 118 Å². The van der Waals surface area contributed by atoms with E-state index in [4.69, 9.17) is 0 Å². The Balaban J connectivity index is 6.37. The van der Waals surface area contributed by atoms with Crippen LogP contribution in [0.2, 0.25) is 0 Å². The molecule has 0 saturated heterocycles. The van der Waals surface area contributed by atoms with Crippen molar-refractivity contribution in [3.05, 3.63) is 0 Å². The van der Waals surface area contributed by atoms with Gasteiger partial charge in [0.25, 0.3) is 10.1 Å². The first-order valence-electron chi connectivity index (χ1n) is 12.4. The zero-order valence-corrected chi connectivity index (χ0v) is 21.3. The molecule has 0 aliphatic carbocycles. The molecule has 32 heavy (non-hydrogen) atoms. The van der Waals surface area contributed by atoms with Gasteiger partial charge in [0.15, 0.2) is 0 Å². The number of carbonyl (C=O) groups excluding carboxylic acids is 2. The standard InChI is InChI=1S/C24H46O7S/c1-5-9-11-15-19(13-7-3)17-24(23(27)28,21(22(25)26)32(29,30)31)18-20(14-8-4)16-12-10-6-2/h19-21H,5-18H2,1-4H3,(H,25,26)(H,27,28)(H,29,30,31)/p-2. The van der Waals surface area contributed by atoms with Crippen molar-refractivity contribution in [1.82, 2.24) is 0 Å². The Hall–Kier alpha value is -1.15. The minimum Gasteiger partial charge on any atom is -0.549 e. The molecule has 0 aromatic carbocycles. The molecule has 7 nitrogen and oxygen atoms in total. The summed E-state index contributed by atoms with van der Waals surface area (Å²) in [7, 11) is -5.22. The van der Waals surface area contributed by atoms with Gasteiger partial charge < -0.3 is 19.8 Å². The zero-order chi connectivity index (χ0) is 24.8. The van der Waals surface area contributed by atoms with E-state index in [2.05, 4.69) is 13.8 Å². The van der Waals surface area contributed by atoms with E-state index < -0.39 is 32.7 Å². The van der Waals surface area contributed by atoms with Gasteiger partial charge in [0.1, 0.15) is 5.25 Å². The van der Waals surface area contributed by atoms with Gasteiger partial charge in [-0.2, -0.15) is 8.42 Å². The Morgan fingerprint density at radius 1 is 0.750 bits per heavy atom. The number of carbonyl (C=O) groups is 2. The van der Waals surface area contributed by atoms with Crippen molar-refractivity contribution in [2.75, 3.05) is 0 Å². The van der Waals surface area contributed by atoms with Crippen molar-refractivity contribution in [2.24, 2.45) is 17.3 Å². The SMILES string of the molecule is CCCCCC(CCC)CC(CC(CCC)CCCCC)(C(=O)[O-])C(C(=O)[O-])S(=O)(=O)O. The van der Waals surface area contributed by atoms with Crippen LogP contribution in [0.15, 0.2) is 0 Å². The van der Waals surface area contributed by atoms with E-state index in [0.717, 1.165) is 51.4 Å². The molecule has 3 atom stereocenters. The minimum absolute atomic E-state index is 0.153. The lowest BCUT2D eigenvalue weighted by molar-refractivity contribution is -0.329. The van der Waals surface area contributed by atoms with Crippen molar-refractivity contribution < 1.29 is 32.8 Å². The number of carboxylic acids is 2. The second kappa shape index (κ2) is 15.6. The fourth-order valence-electron chi connectivity index (χ4n) is 5.11. The molecular weight excluding hydrogens is 432 g/mol. The highest BCUT2D eigenvalue weighted by molar-refractivity contribution is 7.87. The first-order chi connectivity index (χ1) is 15.0. The summed E-state index contributed by atoms with van der Waals surface area (Å²) >= 11 is 0. The van der Waals surface area contributed by atoms with Crippen LogP contribution in [0.5, 0.6) is 0 Å². The fraction of sp³-hybridized carbons (Fsp3) is 0.917. The van der Waals surface area contributed by atoms with Crippen LogP contribution in [0, 0.1) is 17.3 Å². The van der Waals surface area contributed by atoms with Gasteiger partial charge in [-0.15, -0.1) is 0 Å². The average Bonchev–Trinajstić information content (AvgIpc) is 2.66. The Labute approximate surface area is 195 Å². The van der Waals surface area contributed by atoms with Crippen molar-refractivity contribution in [1.29, 1.82) is 0 Å². The molecule has 190 valence electrons. The molecule has 0 saturated carbocycles. The molecule has 0 aromatic heterocycles. The van der Waals surface area contributed by atoms with E-state index in [0.29, 0.717) is 25.7 Å². The van der Waals surface area contributed by atoms with Crippen LogP contribution in [-0.2, 0) is 19.7 Å². The maximum Gasteiger partial charge on any atom is 0.274 e. The third-order valence-corrected chi connectivity index (χ3v) is 7.79. The van der Waals surface area contributed by atoms with Crippen molar-refractivity contribution >= 4 is 22.1 Å². The summed E-state index contributed by atoms with van der Waals surface area (Å²) < 4.78 is 34.1. The number of unbranched alkanes of at least 4 members (excludes halogenated alkanes) is 4. The van der Waals surface area contributed by atoms with Crippen LogP contribution in [0.25, 0.3) is 0 Å². The maximum absolute atomic E-state index is 12.6. The van der Waals surface area contributed by atoms with E-state index >= 15 is 0 Å². The van der Waals surface area contributed by atoms with E-state index in [9.17, 15) is 32.8 Å². The second-order valence-electron chi connectivity index (χ2n) is 9.37. The summed E-state index contributed by atoms with van der Waals surface area (Å²) in [6.07, 6.45) is 9.43. The summed E-state index contributed by atoms with van der Waals surface area (Å²) in [6.45, 7) is 8.02. The predicted octanol–water partition coefficient (Wildman–Crippen LogP) is 3.50. The monoisotopic (exact) mass is 476 g/mol. The number of carboxylic acid groups (broad SMARTS) is 2. The lowest BCUT2D eigenvalue weighted by Gasteiger charge is -2.44. The minimum atomic E-state index is -5.22. The number of hydrogen-bond donors (Lipinski definition) is 1. The average molecular weight is 477 g/mol. The topological polar surface area (TPSA) is 135 Å². The Morgan fingerprint density at radius 3 is 1.41 bits per heavy atom. The summed E-state index contributed by atoms with van der Waals surface area (Å²) in [6, 6.07) is 0. The molecular formula is C24H44O7S-2. The highest BCUT2D eigenvalue weighted by atomic mass is 32.2. The largest absolute Gasteiger partial charge is 0.549 e. The van der Waals surface area contributed by atoms with Gasteiger partial charge >= 0.3 is 0 Å². The molecule has 0 bridgehead atoms. The van der Waals surface area contributed by atoms with Crippen molar-refractivity contribution in [3.63, 3.8) is 0 Å². The summed E-state index contributed by atoms with van der Waals surface area (Å²) in [5.41, 5.74) is -2.23. The Kier molecular flexibility index (Phi) is 15.1. The highest BCUT2D eigenvalue weighted by Crippen LogP contribution is 2.44. The summed E-state index contributed by atoms with van der Waals surface area (Å²) in [4.78, 5) is 24.5. The number of hydrogen-bond acceptors (Lipinski definition) is 6. The highest BCUT2D eigenvalue weighted by Gasteiger charge is 2.50. The third kappa shape index (κ3) is 10.2. The maximum atomic E-state index is 12.6. The molecule has 0 fully saturated rings. The van der Waals surface area contributed by atoms with Crippen LogP contribution in [0.3, 0.4) is 0 Å². The second-order valence-corrected chi connectivity index (χ2v) is 10.9. The zero-order valence-electron chi connectivity index (χ0n) is 20.4. The lowest BCUT2D eigenvalue weighted by Crippen LogP contribution is -2.60. The number of rotatable bonds is 20. The van der Waals surface area contributed by atoms with Gasteiger partial charge in [-0.1, -0.05) is 105 Å². The van der Waals surface area contributed by atoms with Gasteiger partial charge in [0.05, 0.1) is 5.97 Å². The van der Waals surface area contributed by atoms with E-state index in [1.165, 1.54) is 0 Å². The van der Waals surface area contributed by atoms with Crippen LogP contribution in [0.4, 0.5) is 0 Å². The van der Waals surface area contributed by atoms with Crippen LogP contribution in [-0.4, -0.2) is 30.2 Å². The third-order valence-electron chi connectivity index (χ3n) is 6.55. The molecule has 0 radical (unpaired) electrons. The quantitative estimate of drug-likeness (QED) is 0.210. The molecule has 1 N–H and O–H groups in total. The van der Waals surface area contributed by atoms with Crippen molar-refractivity contribution in [2.45, 2.75) is 123 Å². The first-order valence-corrected chi connectivity index (χ1v) is 13.9. The molecule has 0 heterocycles. The van der Waals surface area contributed by atoms with E-state index in [-0.39, 0.29) is 24.7 Å². The van der Waals surface area contributed by atoms with Crippen molar-refractivity contribution in [3.8, 4) is 0 Å². The first kappa shape index (κ1) is 30.9. The normalized spacial score (nSPS) is 16.8. The fourth-order valence-corrected chi connectivity index (χ4v) is 6.22. The summed E-state index contributed by atoms with van der Waals surface area (Å²) in [5.74, 6) is -4.15. The smallest absolute Gasteiger partial charge is 0.274 e. The number of aliphatic carboxylic acids is 2. The molecule has 0 aliphatic heterocycles.